The maximum absolute atomic E-state index is 7.01. The maximum atomic E-state index is 7.01. The van der Waals surface area contributed by atoms with Crippen molar-refractivity contribution >= 4 is 86.8 Å². The molecule has 0 saturated carbocycles. The van der Waals surface area contributed by atoms with Crippen LogP contribution in [0.3, 0.4) is 0 Å². The minimum absolute atomic E-state index is 0.528. The molecule has 0 atom stereocenters. The van der Waals surface area contributed by atoms with Crippen molar-refractivity contribution in [3.8, 4) is 51.0 Å². The molecule has 0 unspecified atom stereocenters. The molecule has 5 nitrogen and oxygen atoms in total. The average molecular weight is 841 g/mol. The van der Waals surface area contributed by atoms with Crippen molar-refractivity contribution in [2.45, 2.75) is 0 Å². The Morgan fingerprint density at radius 3 is 1.76 bits per heavy atom. The average Bonchev–Trinajstić information content (AvgIpc) is 3.93. The molecule has 0 saturated heterocycles. The van der Waals surface area contributed by atoms with Crippen LogP contribution in [0, 0.1) is 0 Å². The number of benzene rings is 11. The van der Waals surface area contributed by atoms with Crippen molar-refractivity contribution in [1.82, 2.24) is 19.5 Å². The first-order valence-corrected chi connectivity index (χ1v) is 22.3. The first-order chi connectivity index (χ1) is 32.7. The molecule has 0 fully saturated rings. The van der Waals surface area contributed by atoms with Crippen molar-refractivity contribution in [2.24, 2.45) is 0 Å². The van der Waals surface area contributed by atoms with Gasteiger partial charge in [-0.1, -0.05) is 170 Å². The standard InChI is InChI=1S/C61H36N4O/c1-2-13-37(14-3-1)40-19-12-20-44(31-40)59-62-60(45-27-29-48-43(32-45)26-25-38-15-6-8-21-47(38)48)64-61(63-59)53-36-46(35-52-57-49-22-9-7-16-39(49)28-30-56(57)66-58(52)53)65-54-24-11-10-23-50(54)51-33-41-17-4-5-18-42(41)34-55(51)65/h1-36H. The van der Waals surface area contributed by atoms with Crippen LogP contribution in [0.4, 0.5) is 0 Å². The number of nitrogens with zero attached hydrogens (tertiary/aromatic N) is 4. The van der Waals surface area contributed by atoms with Crippen molar-refractivity contribution in [3.05, 3.63) is 218 Å². The lowest BCUT2D eigenvalue weighted by Crippen LogP contribution is -2.02. The molecule has 3 aromatic heterocycles. The van der Waals surface area contributed by atoms with Crippen LogP contribution in [-0.2, 0) is 0 Å². The van der Waals surface area contributed by atoms with Crippen molar-refractivity contribution < 1.29 is 4.42 Å². The molecule has 66 heavy (non-hydrogen) atoms. The first-order valence-electron chi connectivity index (χ1n) is 22.3. The van der Waals surface area contributed by atoms with E-state index in [0.717, 1.165) is 82.6 Å². The summed E-state index contributed by atoms with van der Waals surface area (Å²) < 4.78 is 9.40. The Morgan fingerprint density at radius 2 is 0.924 bits per heavy atom. The van der Waals surface area contributed by atoms with Gasteiger partial charge in [0.25, 0.3) is 0 Å². The second kappa shape index (κ2) is 14.3. The second-order valence-electron chi connectivity index (χ2n) is 17.2. The van der Waals surface area contributed by atoms with Crippen molar-refractivity contribution in [3.63, 3.8) is 0 Å². The quantitative estimate of drug-likeness (QED) is 0.162. The molecule has 14 rings (SSSR count). The fraction of sp³-hybridized carbons (Fsp3) is 0. The minimum atomic E-state index is 0.528. The van der Waals surface area contributed by atoms with Gasteiger partial charge >= 0.3 is 0 Å². The minimum Gasteiger partial charge on any atom is -0.455 e. The molecule has 0 radical (unpaired) electrons. The van der Waals surface area contributed by atoms with E-state index < -0.39 is 0 Å². The SMILES string of the molecule is c1ccc(-c2cccc(-c3nc(-c4ccc5c(ccc6ccccc65)c4)nc(-c4cc(-n5c6ccccc6c6cc7ccccc7cc65)cc5c4oc4ccc6ccccc6c45)n3)c2)cc1. The van der Waals surface area contributed by atoms with E-state index in [1.807, 2.05) is 6.07 Å². The van der Waals surface area contributed by atoms with Crippen molar-refractivity contribution in [2.75, 3.05) is 0 Å². The van der Waals surface area contributed by atoms with Crippen LogP contribution in [0.5, 0.6) is 0 Å². The zero-order chi connectivity index (χ0) is 43.3. The number of rotatable bonds is 5. The van der Waals surface area contributed by atoms with Crippen LogP contribution < -0.4 is 0 Å². The second-order valence-corrected chi connectivity index (χ2v) is 17.2. The highest BCUT2D eigenvalue weighted by Gasteiger charge is 2.23. The van der Waals surface area contributed by atoms with Gasteiger partial charge in [0.15, 0.2) is 17.5 Å². The lowest BCUT2D eigenvalue weighted by atomic mass is 9.99. The maximum Gasteiger partial charge on any atom is 0.167 e. The normalized spacial score (nSPS) is 11.9. The predicted octanol–water partition coefficient (Wildman–Crippen LogP) is 16.1. The summed E-state index contributed by atoms with van der Waals surface area (Å²) in [6, 6.07) is 77.6. The zero-order valence-corrected chi connectivity index (χ0v) is 35.5. The van der Waals surface area contributed by atoms with E-state index in [2.05, 4.69) is 217 Å². The lowest BCUT2D eigenvalue weighted by Gasteiger charge is -2.13. The zero-order valence-electron chi connectivity index (χ0n) is 35.5. The third-order valence-electron chi connectivity index (χ3n) is 13.4. The molecule has 3 heterocycles. The van der Waals surface area contributed by atoms with Crippen LogP contribution in [0.15, 0.2) is 223 Å². The van der Waals surface area contributed by atoms with Gasteiger partial charge in [0, 0.05) is 38.4 Å². The Morgan fingerprint density at radius 1 is 0.318 bits per heavy atom. The van der Waals surface area contributed by atoms with Gasteiger partial charge in [0.05, 0.1) is 16.6 Å². The van der Waals surface area contributed by atoms with Crippen LogP contribution in [0.2, 0.25) is 0 Å². The third kappa shape index (κ3) is 5.70. The fourth-order valence-electron chi connectivity index (χ4n) is 10.2. The number of hydrogen-bond donors (Lipinski definition) is 0. The fourth-order valence-corrected chi connectivity index (χ4v) is 10.2. The van der Waals surface area contributed by atoms with E-state index in [4.69, 9.17) is 19.4 Å². The summed E-state index contributed by atoms with van der Waals surface area (Å²) in [6.07, 6.45) is 0. The summed E-state index contributed by atoms with van der Waals surface area (Å²) in [5, 5.41) is 13.8. The summed E-state index contributed by atoms with van der Waals surface area (Å²) in [6.45, 7) is 0. The molecule has 306 valence electrons. The first kappa shape index (κ1) is 36.5. The van der Waals surface area contributed by atoms with Gasteiger partial charge in [-0.2, -0.15) is 0 Å². The topological polar surface area (TPSA) is 56.7 Å². The number of aromatic nitrogens is 4. The molecule has 0 aliphatic rings. The number of para-hydroxylation sites is 1. The highest BCUT2D eigenvalue weighted by Crippen LogP contribution is 2.43. The van der Waals surface area contributed by atoms with Gasteiger partial charge in [0.2, 0.25) is 0 Å². The van der Waals surface area contributed by atoms with Crippen LogP contribution >= 0.6 is 0 Å². The summed E-state index contributed by atoms with van der Waals surface area (Å²) in [5.74, 6) is 1.69. The summed E-state index contributed by atoms with van der Waals surface area (Å²) >= 11 is 0. The molecular formula is C61H36N4O. The molecule has 0 aliphatic heterocycles. The third-order valence-corrected chi connectivity index (χ3v) is 13.4. The molecule has 0 amide bonds. The molecule has 5 heteroatoms. The summed E-state index contributed by atoms with van der Waals surface area (Å²) in [5.41, 5.74) is 9.54. The van der Waals surface area contributed by atoms with E-state index in [1.165, 1.54) is 37.7 Å². The Balaban J connectivity index is 1.08. The predicted molar refractivity (Wildman–Crippen MR) is 273 cm³/mol. The van der Waals surface area contributed by atoms with E-state index in [0.29, 0.717) is 17.5 Å². The van der Waals surface area contributed by atoms with Crippen LogP contribution in [0.1, 0.15) is 0 Å². The molecule has 0 N–H and O–H groups in total. The Hall–Kier alpha value is -8.93. The molecule has 0 spiro atoms. The van der Waals surface area contributed by atoms with E-state index >= 15 is 0 Å². The lowest BCUT2D eigenvalue weighted by molar-refractivity contribution is 0.669. The number of hydrogen-bond acceptors (Lipinski definition) is 4. The van der Waals surface area contributed by atoms with Crippen LogP contribution in [-0.4, -0.2) is 19.5 Å². The Bertz CT molecular complexity index is 4300. The van der Waals surface area contributed by atoms with Gasteiger partial charge in [-0.05, 0) is 103 Å². The van der Waals surface area contributed by atoms with E-state index in [-0.39, 0.29) is 0 Å². The largest absolute Gasteiger partial charge is 0.455 e. The smallest absolute Gasteiger partial charge is 0.167 e. The summed E-state index contributed by atoms with van der Waals surface area (Å²) in [7, 11) is 0. The van der Waals surface area contributed by atoms with Crippen LogP contribution in [0.25, 0.3) is 138 Å². The highest BCUT2D eigenvalue weighted by molar-refractivity contribution is 6.21. The highest BCUT2D eigenvalue weighted by atomic mass is 16.3. The number of fused-ring (bicyclic) bond motifs is 12. The summed E-state index contributed by atoms with van der Waals surface area (Å²) in [4.78, 5) is 16.1. The molecule has 11 aromatic carbocycles. The van der Waals surface area contributed by atoms with E-state index in [1.54, 1.807) is 0 Å². The monoisotopic (exact) mass is 840 g/mol. The Labute approximate surface area is 378 Å². The van der Waals surface area contributed by atoms with E-state index in [9.17, 15) is 0 Å². The van der Waals surface area contributed by atoms with Gasteiger partial charge in [0.1, 0.15) is 11.2 Å². The van der Waals surface area contributed by atoms with Gasteiger partial charge in [-0.3, -0.25) is 0 Å². The van der Waals surface area contributed by atoms with Gasteiger partial charge in [-0.15, -0.1) is 0 Å². The number of furan rings is 1. The molecular weight excluding hydrogens is 805 g/mol. The van der Waals surface area contributed by atoms with Gasteiger partial charge < -0.3 is 8.98 Å². The Kier molecular flexibility index (Phi) is 7.91. The molecule has 14 aromatic rings. The molecule has 0 bridgehead atoms. The van der Waals surface area contributed by atoms with Gasteiger partial charge in [-0.25, -0.2) is 15.0 Å². The molecule has 0 aliphatic carbocycles. The van der Waals surface area contributed by atoms with Crippen molar-refractivity contribution in [1.29, 1.82) is 0 Å².